The van der Waals surface area contributed by atoms with E-state index in [-0.39, 0.29) is 39.3 Å². The number of benzene rings is 8. The molecule has 0 spiro atoms. The Kier molecular flexibility index (Phi) is 11.6. The van der Waals surface area contributed by atoms with E-state index in [0.717, 1.165) is 57.8 Å². The van der Waals surface area contributed by atoms with Gasteiger partial charge in [0.25, 0.3) is 6.71 Å². The van der Waals surface area contributed by atoms with Gasteiger partial charge in [-0.2, -0.15) is 0 Å². The fourth-order valence-corrected chi connectivity index (χ4v) is 14.6. The highest BCUT2D eigenvalue weighted by molar-refractivity contribution is 7.01. The third-order valence-electron chi connectivity index (χ3n) is 19.6. The zero-order chi connectivity index (χ0) is 56.4. The zero-order valence-corrected chi connectivity index (χ0v) is 50.7. The standard InChI is InChI=1S/C75H82BN3O/c1-46(2)48-24-36-61(58(40-48)47-22-18-17-19-23-47)78-62-37-35-57-56-34-29-51(72(9,10)11)43-65(56)80-69(57)67(62)76-60-42-52(73(12,13)14)41-59-68(60)79(75(16)39-21-20-38-74(59,75)15)64-45-55(44-63(78)66(64)76)77(53-30-25-49(26-31-53)70(3,4)5)54-32-27-50(28-33-54)71(6,7)8/h17-19,22-37,40-46H,20-21,38-39H2,1-16H3. The summed E-state index contributed by atoms with van der Waals surface area (Å²) in [5.41, 5.74) is 25.8. The molecule has 4 aliphatic rings. The van der Waals surface area contributed by atoms with Gasteiger partial charge in [0.15, 0.2) is 0 Å². The summed E-state index contributed by atoms with van der Waals surface area (Å²) in [7, 11) is 0. The first-order valence-electron chi connectivity index (χ1n) is 29.9. The van der Waals surface area contributed by atoms with E-state index in [1.165, 1.54) is 96.2 Å². The number of fused-ring (bicyclic) bond motifs is 11. The molecule has 2 atom stereocenters. The van der Waals surface area contributed by atoms with Crippen LogP contribution in [0, 0.1) is 0 Å². The molecule has 406 valence electrons. The first kappa shape index (κ1) is 52.4. The normalized spacial score (nSPS) is 18.7. The smallest absolute Gasteiger partial charge is 0.257 e. The molecular formula is C75H82BN3O. The van der Waals surface area contributed by atoms with Crippen molar-refractivity contribution in [3.63, 3.8) is 0 Å². The van der Waals surface area contributed by atoms with Gasteiger partial charge in [-0.1, -0.05) is 202 Å². The van der Waals surface area contributed by atoms with Crippen molar-refractivity contribution in [1.82, 2.24) is 0 Å². The van der Waals surface area contributed by atoms with E-state index in [2.05, 4.69) is 277 Å². The van der Waals surface area contributed by atoms with E-state index in [9.17, 15) is 0 Å². The van der Waals surface area contributed by atoms with Gasteiger partial charge in [-0.15, -0.1) is 0 Å². The van der Waals surface area contributed by atoms with Crippen LogP contribution in [0.4, 0.5) is 45.5 Å². The third-order valence-corrected chi connectivity index (χ3v) is 19.6. The van der Waals surface area contributed by atoms with Crippen molar-refractivity contribution in [3.8, 4) is 11.1 Å². The minimum absolute atomic E-state index is 0.00807. The van der Waals surface area contributed by atoms with Crippen LogP contribution < -0.4 is 31.1 Å². The molecule has 1 fully saturated rings. The van der Waals surface area contributed by atoms with Crippen LogP contribution in [0.25, 0.3) is 33.1 Å². The second kappa shape index (κ2) is 17.8. The van der Waals surface area contributed by atoms with Gasteiger partial charge in [-0.05, 0) is 169 Å². The lowest BCUT2D eigenvalue weighted by Crippen LogP contribution is -2.64. The summed E-state index contributed by atoms with van der Waals surface area (Å²) in [6.07, 6.45) is 4.68. The van der Waals surface area contributed by atoms with Crippen molar-refractivity contribution in [2.45, 2.75) is 175 Å². The lowest BCUT2D eigenvalue weighted by atomic mass is 9.33. The lowest BCUT2D eigenvalue weighted by molar-refractivity contribution is 0.195. The maximum atomic E-state index is 7.56. The van der Waals surface area contributed by atoms with E-state index in [1.54, 1.807) is 0 Å². The number of hydrogen-bond donors (Lipinski definition) is 0. The Morgan fingerprint density at radius 1 is 0.512 bits per heavy atom. The molecule has 0 N–H and O–H groups in total. The maximum Gasteiger partial charge on any atom is 0.257 e. The summed E-state index contributed by atoms with van der Waals surface area (Å²) in [5, 5.41) is 2.33. The molecule has 4 nitrogen and oxygen atoms in total. The van der Waals surface area contributed by atoms with E-state index < -0.39 is 0 Å². The van der Waals surface area contributed by atoms with Crippen molar-refractivity contribution >= 4 is 90.5 Å². The predicted molar refractivity (Wildman–Crippen MR) is 345 cm³/mol. The Morgan fingerprint density at radius 2 is 1.09 bits per heavy atom. The molecule has 9 aromatic rings. The third kappa shape index (κ3) is 7.90. The minimum atomic E-state index is -0.197. The van der Waals surface area contributed by atoms with Gasteiger partial charge in [0.2, 0.25) is 0 Å². The number of anilines is 8. The molecule has 4 heterocycles. The van der Waals surface area contributed by atoms with Gasteiger partial charge in [-0.3, -0.25) is 0 Å². The number of furan rings is 1. The molecule has 0 amide bonds. The first-order valence-corrected chi connectivity index (χ1v) is 29.9. The summed E-state index contributed by atoms with van der Waals surface area (Å²) >= 11 is 0. The Balaban J connectivity index is 1.21. The molecule has 80 heavy (non-hydrogen) atoms. The van der Waals surface area contributed by atoms with Gasteiger partial charge in [0, 0.05) is 55.9 Å². The van der Waals surface area contributed by atoms with Crippen molar-refractivity contribution in [2.75, 3.05) is 14.7 Å². The van der Waals surface area contributed by atoms with Crippen LogP contribution in [0.1, 0.15) is 176 Å². The van der Waals surface area contributed by atoms with Crippen molar-refractivity contribution in [1.29, 1.82) is 0 Å². The predicted octanol–water partition coefficient (Wildman–Crippen LogP) is 19.4. The van der Waals surface area contributed by atoms with Gasteiger partial charge >= 0.3 is 0 Å². The molecule has 1 aliphatic carbocycles. The topological polar surface area (TPSA) is 22.9 Å². The van der Waals surface area contributed by atoms with Gasteiger partial charge < -0.3 is 19.1 Å². The molecule has 8 aromatic carbocycles. The molecule has 2 unspecified atom stereocenters. The molecule has 1 saturated carbocycles. The van der Waals surface area contributed by atoms with Crippen molar-refractivity contribution in [3.05, 3.63) is 185 Å². The monoisotopic (exact) mass is 1050 g/mol. The molecule has 0 bridgehead atoms. The summed E-state index contributed by atoms with van der Waals surface area (Å²) in [4.78, 5) is 8.11. The van der Waals surface area contributed by atoms with Crippen molar-refractivity contribution in [2.24, 2.45) is 0 Å². The number of nitrogens with zero attached hydrogens (tertiary/aromatic N) is 3. The molecular weight excluding hydrogens is 970 g/mol. The molecule has 0 saturated heterocycles. The molecule has 13 rings (SSSR count). The van der Waals surface area contributed by atoms with Crippen molar-refractivity contribution < 1.29 is 4.42 Å². The largest absolute Gasteiger partial charge is 0.457 e. The zero-order valence-electron chi connectivity index (χ0n) is 50.7. The maximum absolute atomic E-state index is 7.56. The van der Waals surface area contributed by atoms with Crippen LogP contribution in [0.15, 0.2) is 156 Å². The Hall–Kier alpha value is -6.98. The highest BCUT2D eigenvalue weighted by Gasteiger charge is 2.62. The highest BCUT2D eigenvalue weighted by atomic mass is 16.3. The van der Waals surface area contributed by atoms with E-state index in [1.807, 2.05) is 0 Å². The second-order valence-corrected chi connectivity index (χ2v) is 29.2. The first-order chi connectivity index (χ1) is 37.8. The Morgan fingerprint density at radius 3 is 1.70 bits per heavy atom. The summed E-state index contributed by atoms with van der Waals surface area (Å²) in [6, 6.07) is 59.4. The summed E-state index contributed by atoms with van der Waals surface area (Å²) < 4.78 is 7.56. The summed E-state index contributed by atoms with van der Waals surface area (Å²) in [6.45, 7) is 37.8. The van der Waals surface area contributed by atoms with Gasteiger partial charge in [-0.25, -0.2) is 0 Å². The second-order valence-electron chi connectivity index (χ2n) is 29.2. The van der Waals surface area contributed by atoms with Crippen LogP contribution in [0.2, 0.25) is 0 Å². The van der Waals surface area contributed by atoms with E-state index in [0.29, 0.717) is 5.92 Å². The van der Waals surface area contributed by atoms with Crippen LogP contribution in [0.3, 0.4) is 0 Å². The average molecular weight is 1050 g/mol. The average Bonchev–Trinajstić information content (AvgIpc) is 1.63. The van der Waals surface area contributed by atoms with E-state index >= 15 is 0 Å². The van der Waals surface area contributed by atoms with Crippen LogP contribution in [-0.2, 0) is 27.1 Å². The highest BCUT2D eigenvalue weighted by Crippen LogP contribution is 2.63. The molecule has 3 aliphatic heterocycles. The van der Waals surface area contributed by atoms with Crippen LogP contribution in [-0.4, -0.2) is 12.3 Å². The van der Waals surface area contributed by atoms with Crippen LogP contribution in [0.5, 0.6) is 0 Å². The molecule has 1 aromatic heterocycles. The molecule has 0 radical (unpaired) electrons. The lowest BCUT2D eigenvalue weighted by Gasteiger charge is -2.53. The van der Waals surface area contributed by atoms with E-state index in [4.69, 9.17) is 4.42 Å². The Labute approximate surface area is 478 Å². The van der Waals surface area contributed by atoms with Crippen LogP contribution >= 0.6 is 0 Å². The fourth-order valence-electron chi connectivity index (χ4n) is 14.6. The minimum Gasteiger partial charge on any atom is -0.457 e. The van der Waals surface area contributed by atoms with Gasteiger partial charge in [0.1, 0.15) is 11.2 Å². The fraction of sp³-hybridized carbons (Fsp3) is 0.360. The molecule has 5 heteroatoms. The number of hydrogen-bond acceptors (Lipinski definition) is 4. The summed E-state index contributed by atoms with van der Waals surface area (Å²) in [5.74, 6) is 0.347. The Bertz CT molecular complexity index is 3890. The quantitative estimate of drug-likeness (QED) is 0.155. The number of rotatable bonds is 6. The SMILES string of the molecule is CC(C)c1ccc(N2c3cc(N(c4ccc(C(C)(C)C)cc4)c4ccc(C(C)(C)C)cc4)cc4c3B(c3cc(C(C)(C)C)cc5c3N4C3(C)CCCCC53C)c3c2ccc2c3oc3cc(C(C)(C)C)ccc32)c(-c2ccccc2)c1. The van der Waals surface area contributed by atoms with Gasteiger partial charge in [0.05, 0.1) is 16.9 Å².